The maximum atomic E-state index is 12.1. The number of carbonyl (C=O) groups excluding carboxylic acids is 1. The molecule has 2 heterocycles. The number of H-pyrrole nitrogens is 1. The van der Waals surface area contributed by atoms with Gasteiger partial charge in [0.15, 0.2) is 15.7 Å². The van der Waals surface area contributed by atoms with E-state index in [9.17, 15) is 13.2 Å². The number of esters is 1. The molecule has 0 amide bonds. The first-order valence-corrected chi connectivity index (χ1v) is 7.37. The summed E-state index contributed by atoms with van der Waals surface area (Å²) in [5.74, 6) is -0.665. The Kier molecular flexibility index (Phi) is 3.53. The second kappa shape index (κ2) is 4.97. The first kappa shape index (κ1) is 13.5. The van der Waals surface area contributed by atoms with Gasteiger partial charge >= 0.3 is 5.97 Å². The average Bonchev–Trinajstić information content (AvgIpc) is 2.97. The van der Waals surface area contributed by atoms with Gasteiger partial charge in [0.25, 0.3) is 10.0 Å². The lowest BCUT2D eigenvalue weighted by molar-refractivity contribution is 0.0590. The van der Waals surface area contributed by atoms with Crippen molar-refractivity contribution < 1.29 is 17.9 Å². The van der Waals surface area contributed by atoms with E-state index >= 15 is 0 Å². The van der Waals surface area contributed by atoms with Crippen LogP contribution in [0, 0.1) is 6.92 Å². The second-order valence-corrected chi connectivity index (χ2v) is 6.25. The molecule has 2 N–H and O–H groups in total. The fourth-order valence-electron chi connectivity index (χ4n) is 1.31. The summed E-state index contributed by atoms with van der Waals surface area (Å²) in [6.45, 7) is 1.73. The van der Waals surface area contributed by atoms with Crippen molar-refractivity contribution in [2.24, 2.45) is 0 Å². The summed E-state index contributed by atoms with van der Waals surface area (Å²) < 4.78 is 30.7. The van der Waals surface area contributed by atoms with Gasteiger partial charge in [-0.2, -0.15) is 5.10 Å². The number of rotatable bonds is 4. The third kappa shape index (κ3) is 2.74. The van der Waals surface area contributed by atoms with Crippen molar-refractivity contribution in [1.29, 1.82) is 0 Å². The number of anilines is 1. The van der Waals surface area contributed by atoms with E-state index in [2.05, 4.69) is 24.6 Å². The molecule has 0 aromatic carbocycles. The molecule has 8 nitrogen and oxygen atoms in total. The zero-order valence-corrected chi connectivity index (χ0v) is 11.6. The number of ether oxygens (including phenoxy) is 1. The fraction of sp³-hybridized carbons (Fsp3) is 0.222. The number of thiazole rings is 1. The van der Waals surface area contributed by atoms with Crippen molar-refractivity contribution in [1.82, 2.24) is 15.2 Å². The van der Waals surface area contributed by atoms with E-state index in [1.54, 1.807) is 6.92 Å². The molecule has 0 spiro atoms. The molecule has 0 aliphatic heterocycles. The SMILES string of the molecule is COC(=O)c1ncsc1S(=O)(=O)Nc1cc(C)[nH]n1. The van der Waals surface area contributed by atoms with Gasteiger partial charge in [-0.05, 0) is 6.92 Å². The molecule has 102 valence electrons. The monoisotopic (exact) mass is 302 g/mol. The lowest BCUT2D eigenvalue weighted by atomic mass is 10.5. The molecule has 0 aliphatic carbocycles. The number of aromatic nitrogens is 3. The summed E-state index contributed by atoms with van der Waals surface area (Å²) >= 11 is 0.826. The van der Waals surface area contributed by atoms with E-state index in [0.717, 1.165) is 18.4 Å². The quantitative estimate of drug-likeness (QED) is 0.806. The van der Waals surface area contributed by atoms with Crippen LogP contribution in [-0.2, 0) is 14.8 Å². The molecule has 0 saturated heterocycles. The molecule has 2 aromatic rings. The van der Waals surface area contributed by atoms with Crippen molar-refractivity contribution in [2.45, 2.75) is 11.1 Å². The number of hydrogen-bond acceptors (Lipinski definition) is 7. The van der Waals surface area contributed by atoms with Crippen LogP contribution in [0.15, 0.2) is 15.8 Å². The molecule has 0 atom stereocenters. The Hall–Kier alpha value is -1.94. The molecule has 0 saturated carbocycles. The maximum absolute atomic E-state index is 12.1. The first-order chi connectivity index (χ1) is 8.94. The van der Waals surface area contributed by atoms with Crippen LogP contribution in [0.5, 0.6) is 0 Å². The molecule has 10 heteroatoms. The fourth-order valence-corrected chi connectivity index (χ4v) is 3.44. The number of nitrogens with zero attached hydrogens (tertiary/aromatic N) is 2. The molecule has 0 radical (unpaired) electrons. The Morgan fingerprint density at radius 1 is 1.53 bits per heavy atom. The second-order valence-electron chi connectivity index (χ2n) is 3.52. The van der Waals surface area contributed by atoms with Gasteiger partial charge in [0.05, 0.1) is 12.6 Å². The van der Waals surface area contributed by atoms with Crippen LogP contribution in [0.4, 0.5) is 5.82 Å². The minimum absolute atomic E-state index is 0.140. The van der Waals surface area contributed by atoms with Gasteiger partial charge in [0.2, 0.25) is 0 Å². The number of methoxy groups -OCH3 is 1. The van der Waals surface area contributed by atoms with Gasteiger partial charge in [-0.25, -0.2) is 18.2 Å². The molecule has 0 unspecified atom stereocenters. The highest BCUT2D eigenvalue weighted by molar-refractivity contribution is 7.94. The van der Waals surface area contributed by atoms with E-state index in [-0.39, 0.29) is 15.7 Å². The Morgan fingerprint density at radius 3 is 2.84 bits per heavy atom. The summed E-state index contributed by atoms with van der Waals surface area (Å²) in [4.78, 5) is 15.1. The molecule has 0 fully saturated rings. The zero-order chi connectivity index (χ0) is 14.0. The van der Waals surface area contributed by atoms with Gasteiger partial charge in [-0.3, -0.25) is 9.82 Å². The van der Waals surface area contributed by atoms with E-state index in [1.807, 2.05) is 0 Å². The minimum Gasteiger partial charge on any atom is -0.464 e. The molecule has 2 aromatic heterocycles. The zero-order valence-electron chi connectivity index (χ0n) is 10.00. The summed E-state index contributed by atoms with van der Waals surface area (Å²) in [6.07, 6.45) is 0. The van der Waals surface area contributed by atoms with Gasteiger partial charge in [-0.15, -0.1) is 11.3 Å². The van der Waals surface area contributed by atoms with Crippen molar-refractivity contribution in [3.63, 3.8) is 0 Å². The topological polar surface area (TPSA) is 114 Å². The Morgan fingerprint density at radius 2 is 2.26 bits per heavy atom. The normalized spacial score (nSPS) is 11.3. The van der Waals surface area contributed by atoms with Crippen molar-refractivity contribution in [3.05, 3.63) is 23.0 Å². The highest BCUT2D eigenvalue weighted by atomic mass is 32.2. The molecular formula is C9H10N4O4S2. The number of aryl methyl sites for hydroxylation is 1. The highest BCUT2D eigenvalue weighted by Gasteiger charge is 2.27. The third-order valence-corrected chi connectivity index (χ3v) is 4.83. The lowest BCUT2D eigenvalue weighted by Gasteiger charge is -2.04. The minimum atomic E-state index is -3.92. The smallest absolute Gasteiger partial charge is 0.358 e. The summed E-state index contributed by atoms with van der Waals surface area (Å²) in [5.41, 5.74) is 1.72. The molecule has 0 aliphatic rings. The van der Waals surface area contributed by atoms with Crippen LogP contribution in [0.25, 0.3) is 0 Å². The van der Waals surface area contributed by atoms with E-state index in [0.29, 0.717) is 5.69 Å². The number of nitrogens with one attached hydrogen (secondary N) is 2. The predicted octanol–water partition coefficient (Wildman–Crippen LogP) is 0.762. The van der Waals surface area contributed by atoms with Crippen molar-refractivity contribution >= 4 is 33.1 Å². The lowest BCUT2D eigenvalue weighted by Crippen LogP contribution is -2.16. The van der Waals surface area contributed by atoms with Crippen LogP contribution in [0.1, 0.15) is 16.2 Å². The van der Waals surface area contributed by atoms with E-state index in [1.165, 1.54) is 11.6 Å². The number of aromatic amines is 1. The largest absolute Gasteiger partial charge is 0.464 e. The maximum Gasteiger partial charge on any atom is 0.358 e. The van der Waals surface area contributed by atoms with Crippen LogP contribution in [0.3, 0.4) is 0 Å². The average molecular weight is 302 g/mol. The highest BCUT2D eigenvalue weighted by Crippen LogP contribution is 2.23. The summed E-state index contributed by atoms with van der Waals surface area (Å²) in [7, 11) is -2.76. The van der Waals surface area contributed by atoms with Crippen molar-refractivity contribution in [3.8, 4) is 0 Å². The molecular weight excluding hydrogens is 292 g/mol. The van der Waals surface area contributed by atoms with E-state index < -0.39 is 16.0 Å². The van der Waals surface area contributed by atoms with E-state index in [4.69, 9.17) is 0 Å². The molecule has 0 bridgehead atoms. The Balaban J connectivity index is 2.35. The molecule has 2 rings (SSSR count). The van der Waals surface area contributed by atoms with Gasteiger partial charge in [-0.1, -0.05) is 0 Å². The van der Waals surface area contributed by atoms with Crippen LogP contribution in [-0.4, -0.2) is 36.7 Å². The predicted molar refractivity (Wildman–Crippen MR) is 67.6 cm³/mol. The first-order valence-electron chi connectivity index (χ1n) is 5.00. The molecule has 19 heavy (non-hydrogen) atoms. The summed E-state index contributed by atoms with van der Waals surface area (Å²) in [5, 5.41) is 6.36. The van der Waals surface area contributed by atoms with Crippen LogP contribution >= 0.6 is 11.3 Å². The van der Waals surface area contributed by atoms with Gasteiger partial charge in [0.1, 0.15) is 0 Å². The van der Waals surface area contributed by atoms with Crippen LogP contribution < -0.4 is 4.72 Å². The third-order valence-electron chi connectivity index (χ3n) is 2.10. The number of carbonyl (C=O) groups is 1. The van der Waals surface area contributed by atoms with Gasteiger partial charge < -0.3 is 4.74 Å². The number of sulfonamides is 1. The van der Waals surface area contributed by atoms with Crippen LogP contribution in [0.2, 0.25) is 0 Å². The Labute approximate surface area is 112 Å². The van der Waals surface area contributed by atoms with Gasteiger partial charge in [0, 0.05) is 11.8 Å². The number of hydrogen-bond donors (Lipinski definition) is 2. The van der Waals surface area contributed by atoms with Crippen molar-refractivity contribution in [2.75, 3.05) is 11.8 Å². The Bertz CT molecular complexity index is 703. The standard InChI is InChI=1S/C9H10N4O4S2/c1-5-3-6(12-11-5)13-19(15,16)9-7(8(14)17-2)10-4-18-9/h3-4H,1-2H3,(H2,11,12,13). The summed E-state index contributed by atoms with van der Waals surface area (Å²) in [6, 6.07) is 1.52.